The normalized spacial score (nSPS) is 12.3. The largest absolute Gasteiger partial charge is 0.497 e. The predicted octanol–water partition coefficient (Wildman–Crippen LogP) is 3.71. The van der Waals surface area contributed by atoms with Gasteiger partial charge < -0.3 is 9.84 Å². The third-order valence-corrected chi connectivity index (χ3v) is 3.10. The summed E-state index contributed by atoms with van der Waals surface area (Å²) < 4.78 is 32.2. The topological polar surface area (TPSA) is 29.5 Å². The number of aliphatic hydroxyl groups is 1. The van der Waals surface area contributed by atoms with Crippen molar-refractivity contribution in [3.63, 3.8) is 0 Å². The fraction of sp³-hybridized carbons (Fsp3) is 0.143. The van der Waals surface area contributed by atoms with Crippen molar-refractivity contribution in [3.8, 4) is 5.75 Å². The van der Waals surface area contributed by atoms with Gasteiger partial charge in [-0.2, -0.15) is 0 Å². The highest BCUT2D eigenvalue weighted by Gasteiger charge is 2.21. The standard InChI is InChI=1S/C14H11ClF2O2/c1-19-8-5-6-9(10(15)7-8)14(18)13-11(16)3-2-4-12(13)17/h2-7,14,18H,1H3. The van der Waals surface area contributed by atoms with Crippen molar-refractivity contribution in [3.05, 3.63) is 64.2 Å². The van der Waals surface area contributed by atoms with Crippen LogP contribution in [0.1, 0.15) is 17.2 Å². The molecule has 0 saturated heterocycles. The van der Waals surface area contributed by atoms with Gasteiger partial charge in [0, 0.05) is 5.56 Å². The number of rotatable bonds is 3. The molecule has 100 valence electrons. The first kappa shape index (κ1) is 13.8. The Kier molecular flexibility index (Phi) is 4.02. The van der Waals surface area contributed by atoms with Crippen LogP contribution in [0.3, 0.4) is 0 Å². The Bertz CT molecular complexity index is 582. The van der Waals surface area contributed by atoms with Crippen LogP contribution in [0.4, 0.5) is 8.78 Å². The van der Waals surface area contributed by atoms with Crippen LogP contribution in [0.5, 0.6) is 5.75 Å². The van der Waals surface area contributed by atoms with Crippen LogP contribution in [0.25, 0.3) is 0 Å². The highest BCUT2D eigenvalue weighted by molar-refractivity contribution is 6.31. The van der Waals surface area contributed by atoms with Gasteiger partial charge in [-0.05, 0) is 24.3 Å². The molecule has 0 radical (unpaired) electrons. The Morgan fingerprint density at radius 3 is 2.32 bits per heavy atom. The van der Waals surface area contributed by atoms with E-state index in [-0.39, 0.29) is 10.6 Å². The monoisotopic (exact) mass is 284 g/mol. The first-order chi connectivity index (χ1) is 9.04. The molecule has 0 aromatic heterocycles. The molecule has 0 amide bonds. The molecule has 19 heavy (non-hydrogen) atoms. The Morgan fingerprint density at radius 2 is 1.79 bits per heavy atom. The number of methoxy groups -OCH3 is 1. The number of hydrogen-bond acceptors (Lipinski definition) is 2. The molecule has 0 spiro atoms. The van der Waals surface area contributed by atoms with Crippen molar-refractivity contribution in [1.82, 2.24) is 0 Å². The summed E-state index contributed by atoms with van der Waals surface area (Å²) in [7, 11) is 1.47. The second-order valence-corrected chi connectivity index (χ2v) is 4.33. The minimum atomic E-state index is -1.47. The van der Waals surface area contributed by atoms with Crippen molar-refractivity contribution < 1.29 is 18.6 Å². The van der Waals surface area contributed by atoms with Gasteiger partial charge in [0.2, 0.25) is 0 Å². The Morgan fingerprint density at radius 1 is 1.16 bits per heavy atom. The maximum atomic E-state index is 13.6. The maximum Gasteiger partial charge on any atom is 0.132 e. The Balaban J connectivity index is 2.47. The lowest BCUT2D eigenvalue weighted by atomic mass is 10.0. The molecular weight excluding hydrogens is 274 g/mol. The van der Waals surface area contributed by atoms with E-state index < -0.39 is 23.3 Å². The van der Waals surface area contributed by atoms with Gasteiger partial charge in [0.15, 0.2) is 0 Å². The minimum absolute atomic E-state index is 0.175. The lowest BCUT2D eigenvalue weighted by Crippen LogP contribution is -2.06. The van der Waals surface area contributed by atoms with E-state index in [1.54, 1.807) is 6.07 Å². The summed E-state index contributed by atoms with van der Waals surface area (Å²) in [6.07, 6.45) is -1.47. The van der Waals surface area contributed by atoms with E-state index in [9.17, 15) is 13.9 Å². The highest BCUT2D eigenvalue weighted by atomic mass is 35.5. The van der Waals surface area contributed by atoms with Gasteiger partial charge in [0.05, 0.1) is 17.7 Å². The molecule has 0 heterocycles. The third kappa shape index (κ3) is 2.69. The second-order valence-electron chi connectivity index (χ2n) is 3.93. The predicted molar refractivity (Wildman–Crippen MR) is 68.4 cm³/mol. The summed E-state index contributed by atoms with van der Waals surface area (Å²) in [6, 6.07) is 7.90. The van der Waals surface area contributed by atoms with E-state index in [0.717, 1.165) is 12.1 Å². The zero-order chi connectivity index (χ0) is 14.0. The van der Waals surface area contributed by atoms with E-state index in [4.69, 9.17) is 16.3 Å². The molecule has 5 heteroatoms. The van der Waals surface area contributed by atoms with Crippen LogP contribution >= 0.6 is 11.6 Å². The average molecular weight is 285 g/mol. The van der Waals surface area contributed by atoms with Crippen molar-refractivity contribution in [2.75, 3.05) is 7.11 Å². The van der Waals surface area contributed by atoms with Gasteiger partial charge in [0.1, 0.15) is 23.5 Å². The first-order valence-corrected chi connectivity index (χ1v) is 5.87. The highest BCUT2D eigenvalue weighted by Crippen LogP contribution is 2.33. The number of hydrogen-bond donors (Lipinski definition) is 1. The zero-order valence-corrected chi connectivity index (χ0v) is 10.8. The number of benzene rings is 2. The molecule has 1 atom stereocenters. The van der Waals surface area contributed by atoms with Crippen LogP contribution in [-0.2, 0) is 0 Å². The fourth-order valence-electron chi connectivity index (χ4n) is 1.78. The van der Waals surface area contributed by atoms with Crippen LogP contribution in [0, 0.1) is 11.6 Å². The molecular formula is C14H11ClF2O2. The van der Waals surface area contributed by atoms with Gasteiger partial charge in [-0.15, -0.1) is 0 Å². The van der Waals surface area contributed by atoms with Gasteiger partial charge in [-0.1, -0.05) is 23.7 Å². The van der Waals surface area contributed by atoms with Crippen LogP contribution < -0.4 is 4.74 Å². The molecule has 0 fully saturated rings. The van der Waals surface area contributed by atoms with Crippen LogP contribution in [-0.4, -0.2) is 12.2 Å². The van der Waals surface area contributed by atoms with Gasteiger partial charge in [-0.25, -0.2) is 8.78 Å². The summed E-state index contributed by atoms with van der Waals surface area (Å²) in [5.41, 5.74) is -0.207. The Labute approximate surface area is 114 Å². The minimum Gasteiger partial charge on any atom is -0.497 e. The number of aliphatic hydroxyl groups excluding tert-OH is 1. The summed E-state index contributed by atoms with van der Waals surface area (Å²) in [5.74, 6) is -1.14. The third-order valence-electron chi connectivity index (χ3n) is 2.78. The van der Waals surface area contributed by atoms with Crippen molar-refractivity contribution in [2.24, 2.45) is 0 Å². The van der Waals surface area contributed by atoms with Gasteiger partial charge in [0.25, 0.3) is 0 Å². The number of halogens is 3. The summed E-state index contributed by atoms with van der Waals surface area (Å²) in [5, 5.41) is 10.3. The summed E-state index contributed by atoms with van der Waals surface area (Å²) >= 11 is 5.97. The first-order valence-electron chi connectivity index (χ1n) is 5.50. The van der Waals surface area contributed by atoms with E-state index in [2.05, 4.69) is 0 Å². The second kappa shape index (κ2) is 5.55. The van der Waals surface area contributed by atoms with Crippen molar-refractivity contribution >= 4 is 11.6 Å². The summed E-state index contributed by atoms with van der Waals surface area (Å²) in [4.78, 5) is 0. The maximum absolute atomic E-state index is 13.6. The smallest absolute Gasteiger partial charge is 0.132 e. The number of ether oxygens (including phenoxy) is 1. The van der Waals surface area contributed by atoms with Gasteiger partial charge >= 0.3 is 0 Å². The molecule has 2 nitrogen and oxygen atoms in total. The van der Waals surface area contributed by atoms with E-state index in [1.165, 1.54) is 25.3 Å². The molecule has 0 aliphatic carbocycles. The van der Waals surface area contributed by atoms with E-state index in [0.29, 0.717) is 5.75 Å². The van der Waals surface area contributed by atoms with Crippen molar-refractivity contribution in [1.29, 1.82) is 0 Å². The van der Waals surface area contributed by atoms with E-state index in [1.807, 2.05) is 0 Å². The lowest BCUT2D eigenvalue weighted by Gasteiger charge is -2.15. The van der Waals surface area contributed by atoms with Crippen LogP contribution in [0.2, 0.25) is 5.02 Å². The van der Waals surface area contributed by atoms with Crippen LogP contribution in [0.15, 0.2) is 36.4 Å². The molecule has 1 unspecified atom stereocenters. The molecule has 0 aliphatic heterocycles. The molecule has 0 bridgehead atoms. The molecule has 2 aromatic rings. The average Bonchev–Trinajstić information content (AvgIpc) is 2.38. The molecule has 2 rings (SSSR count). The fourth-order valence-corrected chi connectivity index (χ4v) is 2.06. The summed E-state index contributed by atoms with van der Waals surface area (Å²) in [6.45, 7) is 0. The van der Waals surface area contributed by atoms with Crippen molar-refractivity contribution in [2.45, 2.75) is 6.10 Å². The van der Waals surface area contributed by atoms with Gasteiger partial charge in [-0.3, -0.25) is 0 Å². The molecule has 0 saturated carbocycles. The van der Waals surface area contributed by atoms with E-state index >= 15 is 0 Å². The molecule has 0 aliphatic rings. The lowest BCUT2D eigenvalue weighted by molar-refractivity contribution is 0.209. The molecule has 1 N–H and O–H groups in total. The SMILES string of the molecule is COc1ccc(C(O)c2c(F)cccc2F)c(Cl)c1. The molecule has 2 aromatic carbocycles. The quantitative estimate of drug-likeness (QED) is 0.931. The zero-order valence-electron chi connectivity index (χ0n) is 10.0. The Hall–Kier alpha value is -1.65.